The minimum absolute atomic E-state index is 0.337. The predicted molar refractivity (Wildman–Crippen MR) is 64.1 cm³/mol. The zero-order valence-electron chi connectivity index (χ0n) is 10.0. The van der Waals surface area contributed by atoms with Gasteiger partial charge < -0.3 is 10.1 Å². The first-order chi connectivity index (χ1) is 7.31. The van der Waals surface area contributed by atoms with Crippen LogP contribution in [0.3, 0.4) is 0 Å². The molecule has 1 rings (SSSR count). The van der Waals surface area contributed by atoms with Gasteiger partial charge in [0.1, 0.15) is 0 Å². The Morgan fingerprint density at radius 2 is 2.47 bits per heavy atom. The third kappa shape index (κ3) is 3.93. The highest BCUT2D eigenvalue weighted by molar-refractivity contribution is 4.84. The van der Waals surface area contributed by atoms with Gasteiger partial charge in [0.25, 0.3) is 0 Å². The fraction of sp³-hybridized carbons (Fsp3) is 0.833. The Morgan fingerprint density at radius 1 is 1.67 bits per heavy atom. The summed E-state index contributed by atoms with van der Waals surface area (Å²) >= 11 is 0. The number of allylic oxidation sites excluding steroid dienone is 1. The number of morpholine rings is 1. The van der Waals surface area contributed by atoms with Crippen LogP contribution in [0.2, 0.25) is 0 Å². The van der Waals surface area contributed by atoms with Gasteiger partial charge in [0.05, 0.1) is 12.7 Å². The van der Waals surface area contributed by atoms with E-state index in [1.807, 2.05) is 13.1 Å². The molecule has 0 bridgehead atoms. The molecule has 0 aromatic carbocycles. The fourth-order valence-corrected chi connectivity index (χ4v) is 2.08. The first kappa shape index (κ1) is 12.7. The van der Waals surface area contributed by atoms with Crippen LogP contribution in [0.15, 0.2) is 12.7 Å². The van der Waals surface area contributed by atoms with Crippen molar-refractivity contribution in [1.29, 1.82) is 0 Å². The molecule has 0 amide bonds. The number of rotatable bonds is 6. The van der Waals surface area contributed by atoms with Gasteiger partial charge in [0.2, 0.25) is 0 Å². The number of likely N-dealkylation sites (N-methyl/N-ethyl adjacent to an activating group) is 2. The second kappa shape index (κ2) is 6.99. The van der Waals surface area contributed by atoms with Crippen molar-refractivity contribution in [2.24, 2.45) is 0 Å². The van der Waals surface area contributed by atoms with E-state index in [1.54, 1.807) is 0 Å². The van der Waals surface area contributed by atoms with Crippen molar-refractivity contribution in [2.45, 2.75) is 31.9 Å². The normalized spacial score (nSPS) is 25.1. The monoisotopic (exact) mass is 212 g/mol. The molecule has 1 N–H and O–H groups in total. The largest absolute Gasteiger partial charge is 0.374 e. The van der Waals surface area contributed by atoms with Crippen LogP contribution in [0.4, 0.5) is 0 Å². The Kier molecular flexibility index (Phi) is 5.91. The number of ether oxygens (including phenoxy) is 1. The van der Waals surface area contributed by atoms with E-state index in [0.29, 0.717) is 12.1 Å². The van der Waals surface area contributed by atoms with Gasteiger partial charge >= 0.3 is 0 Å². The summed E-state index contributed by atoms with van der Waals surface area (Å²) in [4.78, 5) is 2.45. The summed E-state index contributed by atoms with van der Waals surface area (Å²) < 4.78 is 5.82. The maximum atomic E-state index is 5.82. The third-order valence-electron chi connectivity index (χ3n) is 3.13. The van der Waals surface area contributed by atoms with E-state index in [9.17, 15) is 0 Å². The topological polar surface area (TPSA) is 24.5 Å². The van der Waals surface area contributed by atoms with E-state index < -0.39 is 0 Å². The van der Waals surface area contributed by atoms with Crippen LogP contribution in [0, 0.1) is 0 Å². The zero-order chi connectivity index (χ0) is 11.1. The lowest BCUT2D eigenvalue weighted by molar-refractivity contribution is -0.0448. The minimum Gasteiger partial charge on any atom is -0.374 e. The molecule has 2 unspecified atom stereocenters. The molecule has 0 aliphatic carbocycles. The summed E-state index contributed by atoms with van der Waals surface area (Å²) in [6, 6.07) is 0.456. The molecule has 15 heavy (non-hydrogen) atoms. The molecule has 1 heterocycles. The van der Waals surface area contributed by atoms with E-state index in [-0.39, 0.29) is 0 Å². The number of nitrogens with zero attached hydrogens (tertiary/aromatic N) is 1. The molecule has 1 fully saturated rings. The standard InChI is InChI=1S/C12H24N2O/c1-4-6-7-11(13-3)12-10-14(5-2)8-9-15-12/h4,11-13H,1,5-10H2,2-3H3. The number of hydrogen-bond donors (Lipinski definition) is 1. The van der Waals surface area contributed by atoms with Gasteiger partial charge in [-0.3, -0.25) is 4.90 Å². The molecule has 3 heteroatoms. The van der Waals surface area contributed by atoms with Gasteiger partial charge in [-0.1, -0.05) is 13.0 Å². The quantitative estimate of drug-likeness (QED) is 0.671. The lowest BCUT2D eigenvalue weighted by Gasteiger charge is -2.36. The fourth-order valence-electron chi connectivity index (χ4n) is 2.08. The van der Waals surface area contributed by atoms with Crippen molar-refractivity contribution < 1.29 is 4.74 Å². The molecule has 2 atom stereocenters. The van der Waals surface area contributed by atoms with Gasteiger partial charge in [-0.05, 0) is 26.4 Å². The lowest BCUT2D eigenvalue weighted by atomic mass is 10.0. The number of nitrogens with one attached hydrogen (secondary N) is 1. The van der Waals surface area contributed by atoms with Crippen LogP contribution >= 0.6 is 0 Å². The Bertz CT molecular complexity index is 184. The Labute approximate surface area is 93.5 Å². The van der Waals surface area contributed by atoms with Crippen molar-refractivity contribution in [3.63, 3.8) is 0 Å². The molecule has 0 saturated carbocycles. The van der Waals surface area contributed by atoms with E-state index >= 15 is 0 Å². The lowest BCUT2D eigenvalue weighted by Crippen LogP contribution is -2.51. The second-order valence-electron chi connectivity index (χ2n) is 4.06. The highest BCUT2D eigenvalue weighted by atomic mass is 16.5. The predicted octanol–water partition coefficient (Wildman–Crippen LogP) is 1.26. The summed E-state index contributed by atoms with van der Waals surface area (Å²) in [5.41, 5.74) is 0. The number of hydrogen-bond acceptors (Lipinski definition) is 3. The first-order valence-electron chi connectivity index (χ1n) is 5.94. The van der Waals surface area contributed by atoms with E-state index in [4.69, 9.17) is 4.74 Å². The average Bonchev–Trinajstić information content (AvgIpc) is 2.30. The smallest absolute Gasteiger partial charge is 0.0855 e. The van der Waals surface area contributed by atoms with Gasteiger partial charge in [0, 0.05) is 19.1 Å². The molecule has 3 nitrogen and oxygen atoms in total. The molecule has 1 aliphatic rings. The average molecular weight is 212 g/mol. The van der Waals surface area contributed by atoms with Crippen LogP contribution in [0.1, 0.15) is 19.8 Å². The van der Waals surface area contributed by atoms with E-state index in [2.05, 4.69) is 23.7 Å². The van der Waals surface area contributed by atoms with Crippen molar-refractivity contribution in [3.8, 4) is 0 Å². The molecule has 0 aromatic rings. The highest BCUT2D eigenvalue weighted by Gasteiger charge is 2.25. The van der Waals surface area contributed by atoms with Gasteiger partial charge in [0.15, 0.2) is 0 Å². The second-order valence-corrected chi connectivity index (χ2v) is 4.06. The van der Waals surface area contributed by atoms with Crippen LogP contribution in [0.5, 0.6) is 0 Å². The maximum Gasteiger partial charge on any atom is 0.0855 e. The van der Waals surface area contributed by atoms with Crippen molar-refractivity contribution in [3.05, 3.63) is 12.7 Å². The third-order valence-corrected chi connectivity index (χ3v) is 3.13. The van der Waals surface area contributed by atoms with Crippen molar-refractivity contribution >= 4 is 0 Å². The first-order valence-corrected chi connectivity index (χ1v) is 5.94. The summed E-state index contributed by atoms with van der Waals surface area (Å²) in [7, 11) is 2.02. The van der Waals surface area contributed by atoms with Gasteiger partial charge in [-0.25, -0.2) is 0 Å². The summed E-state index contributed by atoms with van der Waals surface area (Å²) in [5, 5.41) is 3.35. The summed E-state index contributed by atoms with van der Waals surface area (Å²) in [5.74, 6) is 0. The Morgan fingerprint density at radius 3 is 3.07 bits per heavy atom. The summed E-state index contributed by atoms with van der Waals surface area (Å²) in [6.45, 7) is 10.1. The zero-order valence-corrected chi connectivity index (χ0v) is 10.0. The SMILES string of the molecule is C=CCCC(NC)C1CN(CC)CCO1. The minimum atomic E-state index is 0.337. The van der Waals surface area contributed by atoms with Crippen LogP contribution in [-0.2, 0) is 4.74 Å². The van der Waals surface area contributed by atoms with E-state index in [0.717, 1.165) is 39.1 Å². The maximum absolute atomic E-state index is 5.82. The van der Waals surface area contributed by atoms with Crippen LogP contribution < -0.4 is 5.32 Å². The molecule has 0 spiro atoms. The van der Waals surface area contributed by atoms with Gasteiger partial charge in [-0.2, -0.15) is 0 Å². The molecular weight excluding hydrogens is 188 g/mol. The van der Waals surface area contributed by atoms with Crippen LogP contribution in [-0.4, -0.2) is 50.3 Å². The van der Waals surface area contributed by atoms with E-state index in [1.165, 1.54) is 0 Å². The Balaban J connectivity index is 2.40. The van der Waals surface area contributed by atoms with Crippen LogP contribution in [0.25, 0.3) is 0 Å². The highest BCUT2D eigenvalue weighted by Crippen LogP contribution is 2.12. The van der Waals surface area contributed by atoms with Crippen molar-refractivity contribution in [2.75, 3.05) is 33.3 Å². The Hall–Kier alpha value is -0.380. The summed E-state index contributed by atoms with van der Waals surface area (Å²) in [6.07, 6.45) is 4.48. The van der Waals surface area contributed by atoms with Gasteiger partial charge in [-0.15, -0.1) is 6.58 Å². The molecule has 88 valence electrons. The van der Waals surface area contributed by atoms with Crippen molar-refractivity contribution in [1.82, 2.24) is 10.2 Å². The molecular formula is C12H24N2O. The molecule has 1 aliphatic heterocycles. The molecule has 0 aromatic heterocycles. The molecule has 0 radical (unpaired) electrons. The molecule has 1 saturated heterocycles.